The molecule has 0 fully saturated rings. The average Bonchev–Trinajstić information content (AvgIpc) is 3.27. The van der Waals surface area contributed by atoms with Gasteiger partial charge in [-0.15, -0.1) is 12.4 Å². The van der Waals surface area contributed by atoms with Crippen LogP contribution in [0.3, 0.4) is 0 Å². The number of hydrogen-bond donors (Lipinski definition) is 0. The van der Waals surface area contributed by atoms with Crippen LogP contribution in [0.5, 0.6) is 34.5 Å². The fourth-order valence-electron chi connectivity index (χ4n) is 6.84. The van der Waals surface area contributed by atoms with Crippen molar-refractivity contribution in [2.45, 2.75) is 93.0 Å². The minimum Gasteiger partial charge on any atom is -0.497 e. The number of nitrogens with zero attached hydrogens (tertiary/aromatic N) is 2. The number of carbonyl (C=O) groups is 2. The molecular weight excluding hydrogens is 812 g/mol. The van der Waals surface area contributed by atoms with E-state index in [1.165, 1.54) is 0 Å². The summed E-state index contributed by atoms with van der Waals surface area (Å²) in [6.07, 6.45) is 3.74. The van der Waals surface area contributed by atoms with Crippen molar-refractivity contribution in [3.05, 3.63) is 120 Å². The number of carbonyl (C=O) groups excluding carboxylic acids is 2. The minimum absolute atomic E-state index is 0. The summed E-state index contributed by atoms with van der Waals surface area (Å²) in [6.45, 7) is 11.7. The summed E-state index contributed by atoms with van der Waals surface area (Å²) in [5, 5.41) is 1.65. The molecule has 0 radical (unpaired) electrons. The predicted octanol–water partition coefficient (Wildman–Crippen LogP) is 10.5. The number of rotatable bonds is 20. The molecule has 2 aromatic heterocycles. The molecule has 0 aliphatic heterocycles. The van der Waals surface area contributed by atoms with Gasteiger partial charge in [-0.2, -0.15) is 0 Å². The standard InChI is InChI=1S/C49H54N2O10.ClH/c1-9-49(10-2,47(52)58-27-33-13-11-15-39(21-33)56-29-35-25-50-43-19-17-37(54-7)23-41(43)45(35)60-31(3)4)48(53)59-28-34-14-12-16-40(22-34)57-30-36-26-51-44-20-18-38(55-8)24-42(44)46(36)61-32(5)6;/h11-26,31-32H,9-10,27-30H2,1-8H3;1H. The number of esters is 2. The van der Waals surface area contributed by atoms with E-state index in [-0.39, 0.29) is 63.9 Å². The third-order valence-corrected chi connectivity index (χ3v) is 10.2. The SMILES string of the molecule is CCC(CC)(C(=O)OCc1cccc(OCc2cnc3ccc(OC)cc3c2OC(C)C)c1)C(=O)OCc1cccc(OCc2cnc3ccc(OC)cc3c2OC(C)C)c1.Cl. The molecule has 0 N–H and O–H groups in total. The van der Waals surface area contributed by atoms with Crippen molar-refractivity contribution in [1.82, 2.24) is 9.97 Å². The van der Waals surface area contributed by atoms with Crippen LogP contribution in [0.1, 0.15) is 76.6 Å². The Morgan fingerprint density at radius 1 is 0.565 bits per heavy atom. The number of halogens is 1. The lowest BCUT2D eigenvalue weighted by atomic mass is 9.82. The van der Waals surface area contributed by atoms with E-state index in [4.69, 9.17) is 37.9 Å². The zero-order chi connectivity index (χ0) is 43.5. The Hall–Kier alpha value is -6.27. The van der Waals surface area contributed by atoms with E-state index in [2.05, 4.69) is 9.97 Å². The second-order valence-electron chi connectivity index (χ2n) is 15.1. The highest BCUT2D eigenvalue weighted by atomic mass is 35.5. The van der Waals surface area contributed by atoms with Gasteiger partial charge in [0.25, 0.3) is 0 Å². The van der Waals surface area contributed by atoms with Gasteiger partial charge in [-0.25, -0.2) is 0 Å². The summed E-state index contributed by atoms with van der Waals surface area (Å²) >= 11 is 0. The van der Waals surface area contributed by atoms with Crippen molar-refractivity contribution in [3.63, 3.8) is 0 Å². The van der Waals surface area contributed by atoms with Crippen LogP contribution in [0.15, 0.2) is 97.3 Å². The number of fused-ring (bicyclic) bond motifs is 2. The molecule has 13 heteroatoms. The molecule has 0 atom stereocenters. The summed E-state index contributed by atoms with van der Waals surface area (Å²) in [5.74, 6) is 2.58. The quantitative estimate of drug-likeness (QED) is 0.0534. The summed E-state index contributed by atoms with van der Waals surface area (Å²) in [7, 11) is 3.24. The molecule has 0 saturated carbocycles. The van der Waals surface area contributed by atoms with Crippen molar-refractivity contribution in [2.75, 3.05) is 14.2 Å². The van der Waals surface area contributed by atoms with Crippen LogP contribution in [0, 0.1) is 5.41 Å². The highest BCUT2D eigenvalue weighted by Crippen LogP contribution is 2.35. The maximum atomic E-state index is 13.7. The van der Waals surface area contributed by atoms with E-state index in [1.807, 2.05) is 100 Å². The number of methoxy groups -OCH3 is 2. The molecule has 2 heterocycles. The number of aromatic nitrogens is 2. The zero-order valence-electron chi connectivity index (χ0n) is 36.5. The van der Waals surface area contributed by atoms with Crippen LogP contribution >= 0.6 is 12.4 Å². The van der Waals surface area contributed by atoms with E-state index in [0.717, 1.165) is 32.9 Å². The largest absolute Gasteiger partial charge is 0.497 e. The molecule has 12 nitrogen and oxygen atoms in total. The van der Waals surface area contributed by atoms with Gasteiger partial charge in [-0.05, 0) is 112 Å². The van der Waals surface area contributed by atoms with E-state index >= 15 is 0 Å². The summed E-state index contributed by atoms with van der Waals surface area (Å²) in [6, 6.07) is 25.8. The van der Waals surface area contributed by atoms with Gasteiger partial charge in [0.2, 0.25) is 0 Å². The fraction of sp³-hybridized carbons (Fsp3) is 0.347. The van der Waals surface area contributed by atoms with Gasteiger partial charge in [0.1, 0.15) is 60.9 Å². The minimum atomic E-state index is -1.49. The molecule has 0 saturated heterocycles. The second kappa shape index (κ2) is 21.5. The van der Waals surface area contributed by atoms with Crippen LogP contribution in [0.25, 0.3) is 21.8 Å². The van der Waals surface area contributed by atoms with E-state index in [1.54, 1.807) is 52.6 Å². The smallest absolute Gasteiger partial charge is 0.323 e. The summed E-state index contributed by atoms with van der Waals surface area (Å²) in [5.41, 5.74) is 3.00. The number of benzene rings is 4. The average molecular weight is 867 g/mol. The molecule has 0 amide bonds. The summed E-state index contributed by atoms with van der Waals surface area (Å²) in [4.78, 5) is 36.6. The van der Waals surface area contributed by atoms with Crippen molar-refractivity contribution in [2.24, 2.45) is 5.41 Å². The highest BCUT2D eigenvalue weighted by Gasteiger charge is 2.46. The van der Waals surface area contributed by atoms with Crippen LogP contribution in [0.2, 0.25) is 0 Å². The van der Waals surface area contributed by atoms with E-state index < -0.39 is 17.4 Å². The van der Waals surface area contributed by atoms with E-state index in [9.17, 15) is 9.59 Å². The monoisotopic (exact) mass is 866 g/mol. The van der Waals surface area contributed by atoms with Crippen molar-refractivity contribution >= 4 is 46.2 Å². The van der Waals surface area contributed by atoms with Crippen LogP contribution in [-0.4, -0.2) is 48.3 Å². The molecule has 6 rings (SSSR count). The van der Waals surface area contributed by atoms with Gasteiger partial charge in [-0.1, -0.05) is 38.1 Å². The Kier molecular flexibility index (Phi) is 16.2. The first-order valence-corrected chi connectivity index (χ1v) is 20.5. The molecule has 6 aromatic rings. The first-order valence-electron chi connectivity index (χ1n) is 20.5. The van der Waals surface area contributed by atoms with Crippen LogP contribution < -0.4 is 28.4 Å². The molecule has 0 spiro atoms. The molecular formula is C49H55ClN2O10. The van der Waals surface area contributed by atoms with Gasteiger partial charge >= 0.3 is 11.9 Å². The zero-order valence-corrected chi connectivity index (χ0v) is 37.3. The first kappa shape index (κ1) is 46.8. The molecule has 0 unspecified atom stereocenters. The lowest BCUT2D eigenvalue weighted by Gasteiger charge is -2.27. The number of pyridine rings is 2. The maximum Gasteiger partial charge on any atom is 0.323 e. The van der Waals surface area contributed by atoms with Crippen LogP contribution in [-0.2, 0) is 45.5 Å². The maximum absolute atomic E-state index is 13.7. The van der Waals surface area contributed by atoms with Crippen molar-refractivity contribution in [3.8, 4) is 34.5 Å². The van der Waals surface area contributed by atoms with Crippen molar-refractivity contribution < 1.29 is 47.5 Å². The molecule has 328 valence electrons. The third-order valence-electron chi connectivity index (χ3n) is 10.2. The number of ether oxygens (including phenoxy) is 8. The molecule has 0 aliphatic carbocycles. The van der Waals surface area contributed by atoms with Crippen molar-refractivity contribution in [1.29, 1.82) is 0 Å². The lowest BCUT2D eigenvalue weighted by Crippen LogP contribution is -2.41. The Balaban J connectivity index is 0.00000726. The topological polar surface area (TPSA) is 134 Å². The van der Waals surface area contributed by atoms with Gasteiger partial charge in [0.05, 0.1) is 48.6 Å². The number of hydrogen-bond acceptors (Lipinski definition) is 12. The molecule has 0 aliphatic rings. The molecule has 0 bridgehead atoms. The normalized spacial score (nSPS) is 11.3. The summed E-state index contributed by atoms with van der Waals surface area (Å²) < 4.78 is 47.3. The fourth-order valence-corrected chi connectivity index (χ4v) is 6.84. The molecule has 62 heavy (non-hydrogen) atoms. The van der Waals surface area contributed by atoms with Gasteiger partial charge in [0, 0.05) is 23.2 Å². The van der Waals surface area contributed by atoms with Gasteiger partial charge < -0.3 is 37.9 Å². The van der Waals surface area contributed by atoms with Gasteiger partial charge in [0.15, 0.2) is 5.41 Å². The van der Waals surface area contributed by atoms with E-state index in [0.29, 0.717) is 45.6 Å². The Labute approximate surface area is 369 Å². The Morgan fingerprint density at radius 3 is 1.35 bits per heavy atom. The lowest BCUT2D eigenvalue weighted by molar-refractivity contribution is -0.175. The first-order chi connectivity index (χ1) is 29.5. The second-order valence-corrected chi connectivity index (χ2v) is 15.1. The van der Waals surface area contributed by atoms with Gasteiger partial charge in [-0.3, -0.25) is 19.6 Å². The predicted molar refractivity (Wildman–Crippen MR) is 240 cm³/mol. The third kappa shape index (κ3) is 11.2. The highest BCUT2D eigenvalue weighted by molar-refractivity contribution is 6.00. The Morgan fingerprint density at radius 2 is 0.984 bits per heavy atom. The van der Waals surface area contributed by atoms with Crippen LogP contribution in [0.4, 0.5) is 0 Å². The Bertz CT molecular complexity index is 2300. The molecule has 4 aromatic carbocycles.